The summed E-state index contributed by atoms with van der Waals surface area (Å²) in [5, 5.41) is 0. The highest BCUT2D eigenvalue weighted by molar-refractivity contribution is 7.32. The predicted octanol–water partition coefficient (Wildman–Crippen LogP) is 0.622. The van der Waals surface area contributed by atoms with Crippen LogP contribution < -0.4 is 5.73 Å². The van der Waals surface area contributed by atoms with Gasteiger partial charge in [0.15, 0.2) is 11.5 Å². The fourth-order valence-corrected chi connectivity index (χ4v) is 2.73. The maximum atomic E-state index is 10.5. The molecule has 0 amide bonds. The minimum absolute atomic E-state index is 0.0104. The number of ether oxygens (including phenoxy) is 1. The predicted molar refractivity (Wildman–Crippen MR) is 73.4 cm³/mol. The summed E-state index contributed by atoms with van der Waals surface area (Å²) in [6.45, 7) is 0.719. The molecule has 0 aliphatic carbocycles. The second-order valence-electron chi connectivity index (χ2n) is 4.82. The summed E-state index contributed by atoms with van der Waals surface area (Å²) >= 11 is 0. The summed E-state index contributed by atoms with van der Waals surface area (Å²) in [7, 11) is -2.57. The van der Waals surface area contributed by atoms with Crippen LogP contribution in [0, 0.1) is 0 Å². The second-order valence-corrected chi connectivity index (χ2v) is 5.55. The third kappa shape index (κ3) is 3.16. The second kappa shape index (κ2) is 5.98. The molecule has 3 rings (SSSR count). The lowest BCUT2D eigenvalue weighted by Crippen LogP contribution is -2.19. The van der Waals surface area contributed by atoms with Crippen LogP contribution >= 0.6 is 8.25 Å². The van der Waals surface area contributed by atoms with Crippen molar-refractivity contribution in [2.24, 2.45) is 0 Å². The first kappa shape index (κ1) is 14.3. The molecule has 0 spiro atoms. The molecule has 1 unspecified atom stereocenters. The van der Waals surface area contributed by atoms with Crippen molar-refractivity contribution >= 4 is 25.2 Å². The molecule has 0 bridgehead atoms. The molecule has 0 aromatic carbocycles. The Morgan fingerprint density at radius 1 is 1.43 bits per heavy atom. The fraction of sp³-hybridized carbons (Fsp3) is 0.545. The fourth-order valence-electron chi connectivity index (χ4n) is 2.44. The van der Waals surface area contributed by atoms with Crippen LogP contribution in [-0.2, 0) is 20.4 Å². The Kier molecular flexibility index (Phi) is 4.07. The molecule has 0 saturated carbocycles. The van der Waals surface area contributed by atoms with E-state index < -0.39 is 8.25 Å². The first-order valence-electron chi connectivity index (χ1n) is 6.49. The van der Waals surface area contributed by atoms with Gasteiger partial charge in [-0.25, -0.2) is 15.0 Å². The Hall–Kier alpha value is -1.67. The van der Waals surface area contributed by atoms with Crippen LogP contribution in [0.4, 0.5) is 5.82 Å². The molecular weight excluding hydrogens is 297 g/mol. The van der Waals surface area contributed by atoms with Gasteiger partial charge in [-0.2, -0.15) is 0 Å². The zero-order valence-electron chi connectivity index (χ0n) is 11.1. The number of imidazole rings is 1. The monoisotopic (exact) mass is 312 g/mol. The zero-order chi connectivity index (χ0) is 14.8. The topological polar surface area (TPSA) is 125 Å². The van der Waals surface area contributed by atoms with E-state index >= 15 is 0 Å². The number of hydrogen-bond acceptors (Lipinski definition) is 7. The molecule has 1 fully saturated rings. The molecule has 1 aliphatic heterocycles. The molecule has 9 nitrogen and oxygen atoms in total. The Labute approximate surface area is 121 Å². The Balaban J connectivity index is 1.64. The van der Waals surface area contributed by atoms with E-state index in [1.807, 2.05) is 4.57 Å². The largest absolute Gasteiger partial charge is 0.694 e. The molecule has 1 saturated heterocycles. The van der Waals surface area contributed by atoms with E-state index in [1.165, 1.54) is 6.33 Å². The number of anilines is 1. The van der Waals surface area contributed by atoms with Crippen molar-refractivity contribution in [1.29, 1.82) is 0 Å². The highest BCUT2D eigenvalue weighted by atomic mass is 31.1. The third-order valence-electron chi connectivity index (χ3n) is 3.40. The zero-order valence-corrected chi connectivity index (χ0v) is 12.0. The lowest BCUT2D eigenvalue weighted by atomic mass is 10.2. The SMILES string of the molecule is Nc1ncnc2c1ncn2C[C@H]1CC[C@@H](CO[P+](=O)O)O1. The maximum Gasteiger partial charge on any atom is 0.694 e. The van der Waals surface area contributed by atoms with E-state index in [1.54, 1.807) is 6.33 Å². The Morgan fingerprint density at radius 2 is 2.24 bits per heavy atom. The van der Waals surface area contributed by atoms with Crippen molar-refractivity contribution in [2.75, 3.05) is 12.3 Å². The molecule has 0 radical (unpaired) electrons. The van der Waals surface area contributed by atoms with Crippen LogP contribution in [0.5, 0.6) is 0 Å². The van der Waals surface area contributed by atoms with Gasteiger partial charge in [0.2, 0.25) is 0 Å². The molecular formula is C11H15N5O4P+. The van der Waals surface area contributed by atoms with Crippen LogP contribution in [0.2, 0.25) is 0 Å². The Morgan fingerprint density at radius 3 is 3.05 bits per heavy atom. The highest BCUT2D eigenvalue weighted by Gasteiger charge is 2.29. The van der Waals surface area contributed by atoms with Gasteiger partial charge in [-0.3, -0.25) is 0 Å². The van der Waals surface area contributed by atoms with Crippen molar-refractivity contribution in [3.05, 3.63) is 12.7 Å². The van der Waals surface area contributed by atoms with Crippen LogP contribution in [-0.4, -0.2) is 43.2 Å². The average Bonchev–Trinajstić information content (AvgIpc) is 3.06. The first-order valence-corrected chi connectivity index (χ1v) is 7.62. The minimum Gasteiger partial charge on any atom is -0.382 e. The summed E-state index contributed by atoms with van der Waals surface area (Å²) in [5.41, 5.74) is 6.99. The number of fused-ring (bicyclic) bond motifs is 1. The number of nitrogens with zero attached hydrogens (tertiary/aromatic N) is 4. The molecule has 21 heavy (non-hydrogen) atoms. The number of nitrogen functional groups attached to an aromatic ring is 1. The lowest BCUT2D eigenvalue weighted by molar-refractivity contribution is 0.0106. The van der Waals surface area contributed by atoms with Gasteiger partial charge in [0.25, 0.3) is 0 Å². The number of aromatic nitrogens is 4. The van der Waals surface area contributed by atoms with E-state index in [9.17, 15) is 4.57 Å². The van der Waals surface area contributed by atoms with Gasteiger partial charge >= 0.3 is 8.25 Å². The van der Waals surface area contributed by atoms with Crippen molar-refractivity contribution < 1.29 is 18.7 Å². The quantitative estimate of drug-likeness (QED) is 0.770. The molecule has 112 valence electrons. The van der Waals surface area contributed by atoms with Crippen LogP contribution in [0.25, 0.3) is 11.2 Å². The summed E-state index contributed by atoms with van der Waals surface area (Å²) < 4.78 is 22.8. The summed E-state index contributed by atoms with van der Waals surface area (Å²) in [6, 6.07) is 0. The van der Waals surface area contributed by atoms with E-state index in [4.69, 9.17) is 15.4 Å². The standard InChI is InChI=1S/C11H14N5O4P/c12-10-9-11(14-5-13-10)16(6-15-9)3-7-1-2-8(20-7)4-19-21(17)18/h5-8H,1-4H2,(H2-,12,13,14,17,18)/p+1/t7-,8+/m1/s1. The third-order valence-corrected chi connectivity index (χ3v) is 3.77. The summed E-state index contributed by atoms with van der Waals surface area (Å²) in [5.74, 6) is 0.351. The molecule has 3 atom stereocenters. The Bertz CT molecular complexity index is 663. The normalized spacial score (nSPS) is 22.8. The summed E-state index contributed by atoms with van der Waals surface area (Å²) in [4.78, 5) is 20.9. The van der Waals surface area contributed by atoms with Crippen molar-refractivity contribution in [2.45, 2.75) is 31.6 Å². The van der Waals surface area contributed by atoms with Crippen LogP contribution in [0.15, 0.2) is 12.7 Å². The van der Waals surface area contributed by atoms with E-state index in [2.05, 4.69) is 19.5 Å². The molecule has 3 heterocycles. The molecule has 3 N–H and O–H groups in total. The van der Waals surface area contributed by atoms with E-state index in [0.29, 0.717) is 23.5 Å². The van der Waals surface area contributed by atoms with E-state index in [-0.39, 0.29) is 18.8 Å². The van der Waals surface area contributed by atoms with Gasteiger partial charge in [-0.15, -0.1) is 9.42 Å². The molecule has 2 aromatic rings. The number of rotatable bonds is 5. The smallest absolute Gasteiger partial charge is 0.382 e. The minimum atomic E-state index is -2.57. The van der Waals surface area contributed by atoms with Crippen LogP contribution in [0.3, 0.4) is 0 Å². The van der Waals surface area contributed by atoms with Gasteiger partial charge in [-0.05, 0) is 12.8 Å². The molecule has 1 aliphatic rings. The van der Waals surface area contributed by atoms with Gasteiger partial charge in [0.05, 0.1) is 25.1 Å². The van der Waals surface area contributed by atoms with Crippen molar-refractivity contribution in [3.8, 4) is 0 Å². The van der Waals surface area contributed by atoms with E-state index in [0.717, 1.165) is 12.8 Å². The molecule has 2 aromatic heterocycles. The highest BCUT2D eigenvalue weighted by Crippen LogP contribution is 2.25. The van der Waals surface area contributed by atoms with Crippen molar-refractivity contribution in [1.82, 2.24) is 19.5 Å². The number of hydrogen-bond donors (Lipinski definition) is 2. The first-order chi connectivity index (χ1) is 10.1. The maximum absolute atomic E-state index is 10.5. The number of nitrogens with two attached hydrogens (primary N) is 1. The van der Waals surface area contributed by atoms with Gasteiger partial charge in [0, 0.05) is 4.57 Å². The lowest BCUT2D eigenvalue weighted by Gasteiger charge is -2.12. The summed E-state index contributed by atoms with van der Waals surface area (Å²) in [6.07, 6.45) is 4.53. The van der Waals surface area contributed by atoms with Crippen LogP contribution in [0.1, 0.15) is 12.8 Å². The molecule has 10 heteroatoms. The van der Waals surface area contributed by atoms with Gasteiger partial charge in [-0.1, -0.05) is 0 Å². The average molecular weight is 312 g/mol. The van der Waals surface area contributed by atoms with Gasteiger partial charge < -0.3 is 15.0 Å². The van der Waals surface area contributed by atoms with Gasteiger partial charge in [0.1, 0.15) is 18.5 Å². The van der Waals surface area contributed by atoms with Crippen molar-refractivity contribution in [3.63, 3.8) is 0 Å².